The second kappa shape index (κ2) is 6.10. The van der Waals surface area contributed by atoms with E-state index in [4.69, 9.17) is 0 Å². The molecule has 1 saturated heterocycles. The molecular weight excluding hydrogens is 253 g/mol. The SMILES string of the molecule is CNC(C)c1cc(F)ccc1N1CC(C)C(N(C)C)C1. The number of hydrogen-bond acceptors (Lipinski definition) is 3. The highest BCUT2D eigenvalue weighted by molar-refractivity contribution is 5.56. The van der Waals surface area contributed by atoms with Gasteiger partial charge in [0.25, 0.3) is 0 Å². The number of rotatable bonds is 4. The van der Waals surface area contributed by atoms with Gasteiger partial charge in [0.15, 0.2) is 0 Å². The zero-order valence-corrected chi connectivity index (χ0v) is 13.2. The lowest BCUT2D eigenvalue weighted by atomic mass is 10.0. The number of nitrogens with zero attached hydrogens (tertiary/aromatic N) is 2. The largest absolute Gasteiger partial charge is 0.369 e. The second-order valence-corrected chi connectivity index (χ2v) is 6.13. The summed E-state index contributed by atoms with van der Waals surface area (Å²) in [5.41, 5.74) is 2.20. The van der Waals surface area contributed by atoms with Gasteiger partial charge in [0.05, 0.1) is 0 Å². The predicted octanol–water partition coefficient (Wildman–Crippen LogP) is 2.49. The van der Waals surface area contributed by atoms with Crippen LogP contribution in [0.4, 0.5) is 10.1 Å². The van der Waals surface area contributed by atoms with E-state index in [1.165, 1.54) is 0 Å². The van der Waals surface area contributed by atoms with Crippen LogP contribution in [0.3, 0.4) is 0 Å². The molecule has 1 N–H and O–H groups in total. The van der Waals surface area contributed by atoms with Crippen LogP contribution in [0.2, 0.25) is 0 Å². The number of nitrogens with one attached hydrogen (secondary N) is 1. The minimum atomic E-state index is -0.165. The fraction of sp³-hybridized carbons (Fsp3) is 0.625. The maximum Gasteiger partial charge on any atom is 0.123 e. The van der Waals surface area contributed by atoms with Crippen LogP contribution < -0.4 is 10.2 Å². The first kappa shape index (κ1) is 15.3. The number of halogens is 1. The molecule has 20 heavy (non-hydrogen) atoms. The minimum Gasteiger partial charge on any atom is -0.369 e. The summed E-state index contributed by atoms with van der Waals surface area (Å²) >= 11 is 0. The normalized spacial score (nSPS) is 24.4. The average molecular weight is 279 g/mol. The zero-order chi connectivity index (χ0) is 14.9. The van der Waals surface area contributed by atoms with Crippen LogP contribution in [-0.2, 0) is 0 Å². The Morgan fingerprint density at radius 3 is 2.60 bits per heavy atom. The maximum atomic E-state index is 13.6. The highest BCUT2D eigenvalue weighted by atomic mass is 19.1. The van der Waals surface area contributed by atoms with Gasteiger partial charge in [0, 0.05) is 30.9 Å². The predicted molar refractivity (Wildman–Crippen MR) is 82.7 cm³/mol. The van der Waals surface area contributed by atoms with E-state index in [0.717, 1.165) is 24.3 Å². The molecule has 112 valence electrons. The van der Waals surface area contributed by atoms with Gasteiger partial charge in [-0.1, -0.05) is 6.92 Å². The molecule has 2 rings (SSSR count). The Labute approximate surface area is 121 Å². The van der Waals surface area contributed by atoms with Crippen LogP contribution in [0.5, 0.6) is 0 Å². The molecule has 1 aromatic carbocycles. The molecule has 0 amide bonds. The number of likely N-dealkylation sites (N-methyl/N-ethyl adjacent to an activating group) is 1. The Morgan fingerprint density at radius 1 is 1.35 bits per heavy atom. The molecule has 3 unspecified atom stereocenters. The van der Waals surface area contributed by atoms with Crippen molar-refractivity contribution >= 4 is 5.69 Å². The van der Waals surface area contributed by atoms with Gasteiger partial charge in [0.1, 0.15) is 5.82 Å². The van der Waals surface area contributed by atoms with Crippen molar-refractivity contribution in [1.29, 1.82) is 0 Å². The molecule has 1 aliphatic heterocycles. The van der Waals surface area contributed by atoms with E-state index >= 15 is 0 Å². The molecule has 0 bridgehead atoms. The third-order valence-corrected chi connectivity index (χ3v) is 4.47. The van der Waals surface area contributed by atoms with Crippen LogP contribution in [0.15, 0.2) is 18.2 Å². The summed E-state index contributed by atoms with van der Waals surface area (Å²) in [5, 5.41) is 3.21. The van der Waals surface area contributed by atoms with Crippen LogP contribution in [0.25, 0.3) is 0 Å². The van der Waals surface area contributed by atoms with Crippen LogP contribution in [-0.4, -0.2) is 45.2 Å². The first-order valence-corrected chi connectivity index (χ1v) is 7.32. The highest BCUT2D eigenvalue weighted by Crippen LogP contribution is 2.32. The summed E-state index contributed by atoms with van der Waals surface area (Å²) in [5.74, 6) is 0.454. The van der Waals surface area contributed by atoms with E-state index in [-0.39, 0.29) is 11.9 Å². The molecule has 0 saturated carbocycles. The quantitative estimate of drug-likeness (QED) is 0.913. The van der Waals surface area contributed by atoms with Crippen molar-refractivity contribution in [2.24, 2.45) is 5.92 Å². The zero-order valence-electron chi connectivity index (χ0n) is 13.2. The number of anilines is 1. The average Bonchev–Trinajstić information content (AvgIpc) is 2.79. The minimum absolute atomic E-state index is 0.148. The van der Waals surface area contributed by atoms with Crippen molar-refractivity contribution in [1.82, 2.24) is 10.2 Å². The Balaban J connectivity index is 2.29. The lowest BCUT2D eigenvalue weighted by Gasteiger charge is -2.26. The molecular formula is C16H26FN3. The van der Waals surface area contributed by atoms with Gasteiger partial charge >= 0.3 is 0 Å². The summed E-state index contributed by atoms with van der Waals surface area (Å²) in [6, 6.07) is 5.84. The fourth-order valence-corrected chi connectivity index (χ4v) is 3.13. The summed E-state index contributed by atoms with van der Waals surface area (Å²) in [4.78, 5) is 4.67. The Morgan fingerprint density at radius 2 is 2.05 bits per heavy atom. The van der Waals surface area contributed by atoms with Gasteiger partial charge < -0.3 is 15.1 Å². The smallest absolute Gasteiger partial charge is 0.123 e. The summed E-state index contributed by atoms with van der Waals surface area (Å²) in [7, 11) is 6.17. The van der Waals surface area contributed by atoms with Gasteiger partial charge in [-0.25, -0.2) is 4.39 Å². The van der Waals surface area contributed by atoms with Crippen molar-refractivity contribution in [3.63, 3.8) is 0 Å². The van der Waals surface area contributed by atoms with E-state index in [1.807, 2.05) is 13.1 Å². The lowest BCUT2D eigenvalue weighted by molar-refractivity contribution is 0.266. The van der Waals surface area contributed by atoms with Crippen molar-refractivity contribution < 1.29 is 4.39 Å². The summed E-state index contributed by atoms with van der Waals surface area (Å²) in [6.45, 7) is 6.39. The first-order chi connectivity index (χ1) is 9.43. The monoisotopic (exact) mass is 279 g/mol. The second-order valence-electron chi connectivity index (χ2n) is 6.13. The Kier molecular flexibility index (Phi) is 4.66. The molecule has 1 aliphatic rings. The van der Waals surface area contributed by atoms with Crippen molar-refractivity contribution in [3.8, 4) is 0 Å². The van der Waals surface area contributed by atoms with E-state index in [0.29, 0.717) is 12.0 Å². The van der Waals surface area contributed by atoms with Gasteiger partial charge in [0.2, 0.25) is 0 Å². The van der Waals surface area contributed by atoms with E-state index < -0.39 is 0 Å². The van der Waals surface area contributed by atoms with E-state index in [9.17, 15) is 4.39 Å². The van der Waals surface area contributed by atoms with Crippen molar-refractivity contribution in [2.75, 3.05) is 39.1 Å². The molecule has 1 aromatic rings. The summed E-state index contributed by atoms with van der Waals surface area (Å²) < 4.78 is 13.6. The topological polar surface area (TPSA) is 18.5 Å². The number of hydrogen-bond donors (Lipinski definition) is 1. The summed E-state index contributed by atoms with van der Waals surface area (Å²) in [6.07, 6.45) is 0. The molecule has 4 heteroatoms. The molecule has 0 spiro atoms. The first-order valence-electron chi connectivity index (χ1n) is 7.32. The van der Waals surface area contributed by atoms with Crippen molar-refractivity contribution in [2.45, 2.75) is 25.9 Å². The molecule has 1 heterocycles. The van der Waals surface area contributed by atoms with Gasteiger partial charge in [-0.15, -0.1) is 0 Å². The molecule has 0 radical (unpaired) electrons. The fourth-order valence-electron chi connectivity index (χ4n) is 3.13. The molecule has 1 fully saturated rings. The Hall–Kier alpha value is -1.13. The third kappa shape index (κ3) is 2.96. The van der Waals surface area contributed by atoms with Crippen molar-refractivity contribution in [3.05, 3.63) is 29.6 Å². The van der Waals surface area contributed by atoms with Crippen LogP contribution in [0.1, 0.15) is 25.5 Å². The van der Waals surface area contributed by atoms with E-state index in [1.54, 1.807) is 12.1 Å². The standard InChI is InChI=1S/C16H26FN3/c1-11-9-20(10-16(11)19(4)5)15-7-6-13(17)8-14(15)12(2)18-3/h6-8,11-12,16,18H,9-10H2,1-5H3. The molecule has 3 atom stereocenters. The van der Waals surface area contributed by atoms with Gasteiger partial charge in [-0.3, -0.25) is 0 Å². The molecule has 0 aromatic heterocycles. The van der Waals surface area contributed by atoms with Gasteiger partial charge in [-0.2, -0.15) is 0 Å². The van der Waals surface area contributed by atoms with Crippen LogP contribution >= 0.6 is 0 Å². The Bertz CT molecular complexity index is 461. The van der Waals surface area contributed by atoms with E-state index in [2.05, 4.69) is 43.1 Å². The maximum absolute atomic E-state index is 13.6. The lowest BCUT2D eigenvalue weighted by Crippen LogP contribution is -2.34. The number of benzene rings is 1. The highest BCUT2D eigenvalue weighted by Gasteiger charge is 2.32. The molecule has 3 nitrogen and oxygen atoms in total. The van der Waals surface area contributed by atoms with Crippen LogP contribution in [0, 0.1) is 11.7 Å². The third-order valence-electron chi connectivity index (χ3n) is 4.47. The molecule has 0 aliphatic carbocycles. The van der Waals surface area contributed by atoms with Gasteiger partial charge in [-0.05, 0) is 57.7 Å².